The summed E-state index contributed by atoms with van der Waals surface area (Å²) in [5.41, 5.74) is 2.76. The van der Waals surface area contributed by atoms with Crippen LogP contribution >= 0.6 is 0 Å². The first-order valence-electron chi connectivity index (χ1n) is 9.36. The van der Waals surface area contributed by atoms with E-state index < -0.39 is 0 Å². The number of hydrogen-bond donors (Lipinski definition) is 0. The van der Waals surface area contributed by atoms with Gasteiger partial charge in [-0.25, -0.2) is 9.67 Å². The molecule has 0 atom stereocenters. The first-order chi connectivity index (χ1) is 13.7. The van der Waals surface area contributed by atoms with E-state index in [2.05, 4.69) is 10.1 Å². The van der Waals surface area contributed by atoms with E-state index in [1.54, 1.807) is 22.0 Å². The van der Waals surface area contributed by atoms with Crippen molar-refractivity contribution in [3.8, 4) is 17.3 Å². The third-order valence-corrected chi connectivity index (χ3v) is 4.42. The minimum atomic E-state index is -0.224. The number of pyridine rings is 1. The number of hydrogen-bond acceptors (Lipinski definition) is 5. The summed E-state index contributed by atoms with van der Waals surface area (Å²) >= 11 is 0. The molecular weight excluding hydrogens is 356 g/mol. The largest absolute Gasteiger partial charge is 0.489 e. The van der Waals surface area contributed by atoms with Gasteiger partial charge in [0.15, 0.2) is 11.4 Å². The Morgan fingerprint density at radius 3 is 2.89 bits per heavy atom. The van der Waals surface area contributed by atoms with E-state index >= 15 is 0 Å². The summed E-state index contributed by atoms with van der Waals surface area (Å²) in [5, 5.41) is 4.54. The van der Waals surface area contributed by atoms with Gasteiger partial charge in [-0.2, -0.15) is 5.10 Å². The second-order valence-corrected chi connectivity index (χ2v) is 6.61. The van der Waals surface area contributed by atoms with Gasteiger partial charge in [-0.15, -0.1) is 0 Å². The lowest BCUT2D eigenvalue weighted by Crippen LogP contribution is -2.38. The molecule has 1 amide bonds. The Morgan fingerprint density at radius 1 is 1.29 bits per heavy atom. The lowest BCUT2D eigenvalue weighted by atomic mass is 10.2. The maximum absolute atomic E-state index is 13.4. The van der Waals surface area contributed by atoms with Crippen LogP contribution in [-0.2, 0) is 0 Å². The van der Waals surface area contributed by atoms with Crippen molar-refractivity contribution in [2.45, 2.75) is 20.3 Å². The zero-order valence-electron chi connectivity index (χ0n) is 16.0. The summed E-state index contributed by atoms with van der Waals surface area (Å²) in [6, 6.07) is 11.6. The maximum atomic E-state index is 13.4. The normalized spacial score (nSPS) is 13.0. The number of ether oxygens (including phenoxy) is 2. The van der Waals surface area contributed by atoms with Gasteiger partial charge in [0.25, 0.3) is 5.91 Å². The van der Waals surface area contributed by atoms with Crippen LogP contribution in [0.4, 0.5) is 5.69 Å². The van der Waals surface area contributed by atoms with Crippen LogP contribution in [0.25, 0.3) is 5.69 Å². The van der Waals surface area contributed by atoms with E-state index in [9.17, 15) is 4.79 Å². The molecule has 0 aliphatic carbocycles. The van der Waals surface area contributed by atoms with Gasteiger partial charge in [0, 0.05) is 6.20 Å². The third kappa shape index (κ3) is 3.43. The van der Waals surface area contributed by atoms with Gasteiger partial charge in [-0.05, 0) is 37.1 Å². The summed E-state index contributed by atoms with van der Waals surface area (Å²) in [5.74, 6) is 0.714. The minimum absolute atomic E-state index is 0.224. The number of para-hydroxylation sites is 1. The smallest absolute Gasteiger partial charge is 0.282 e. The molecule has 1 aromatic carbocycles. The number of benzene rings is 1. The van der Waals surface area contributed by atoms with Gasteiger partial charge >= 0.3 is 0 Å². The van der Waals surface area contributed by atoms with Crippen molar-refractivity contribution in [2.75, 3.05) is 24.7 Å². The molecule has 7 heteroatoms. The Morgan fingerprint density at radius 2 is 2.11 bits per heavy atom. The molecule has 7 nitrogen and oxygen atoms in total. The number of aryl methyl sites for hydroxylation is 1. The van der Waals surface area contributed by atoms with Gasteiger partial charge in [0.05, 0.1) is 25.0 Å². The summed E-state index contributed by atoms with van der Waals surface area (Å²) in [4.78, 5) is 19.3. The molecule has 2 aromatic heterocycles. The van der Waals surface area contributed by atoms with Crippen LogP contribution < -0.4 is 14.4 Å². The predicted molar refractivity (Wildman–Crippen MR) is 105 cm³/mol. The van der Waals surface area contributed by atoms with Crippen LogP contribution in [0.15, 0.2) is 48.8 Å². The monoisotopic (exact) mass is 378 g/mol. The molecule has 0 N–H and O–H groups in total. The van der Waals surface area contributed by atoms with Crippen molar-refractivity contribution < 1.29 is 14.3 Å². The van der Waals surface area contributed by atoms with E-state index in [-0.39, 0.29) is 11.6 Å². The van der Waals surface area contributed by atoms with Crippen LogP contribution in [0, 0.1) is 6.92 Å². The van der Waals surface area contributed by atoms with E-state index in [1.165, 1.54) is 0 Å². The highest BCUT2D eigenvalue weighted by atomic mass is 16.5. The first-order valence-corrected chi connectivity index (χ1v) is 9.36. The predicted octanol–water partition coefficient (Wildman–Crippen LogP) is 3.40. The number of rotatable bonds is 5. The van der Waals surface area contributed by atoms with Crippen molar-refractivity contribution in [3.05, 3.63) is 60.0 Å². The Bertz CT molecular complexity index is 985. The standard InChI is InChI=1S/C21H22N4O3/c1-3-10-27-18-14-25(16-7-5-4-6-8-16)23-19(18)21(26)24-9-11-28-20-17(24)12-15(2)13-22-20/h4-8,12-14H,3,9-11H2,1-2H3. The average Bonchev–Trinajstić information content (AvgIpc) is 3.16. The molecule has 28 heavy (non-hydrogen) atoms. The van der Waals surface area contributed by atoms with Crippen molar-refractivity contribution in [1.29, 1.82) is 0 Å². The van der Waals surface area contributed by atoms with Gasteiger partial charge < -0.3 is 9.47 Å². The fourth-order valence-electron chi connectivity index (χ4n) is 3.08. The van der Waals surface area contributed by atoms with Crippen molar-refractivity contribution in [1.82, 2.24) is 14.8 Å². The van der Waals surface area contributed by atoms with Crippen LogP contribution in [0.2, 0.25) is 0 Å². The van der Waals surface area contributed by atoms with Crippen LogP contribution in [-0.4, -0.2) is 40.4 Å². The van der Waals surface area contributed by atoms with Crippen molar-refractivity contribution >= 4 is 11.6 Å². The highest BCUT2D eigenvalue weighted by molar-refractivity contribution is 6.07. The molecular formula is C21H22N4O3. The number of carbonyl (C=O) groups is 1. The molecule has 0 saturated carbocycles. The lowest BCUT2D eigenvalue weighted by molar-refractivity contribution is 0.0966. The first kappa shape index (κ1) is 18.0. The Hall–Kier alpha value is -3.35. The number of carbonyl (C=O) groups excluding carboxylic acids is 1. The van der Waals surface area contributed by atoms with Crippen LogP contribution in [0.1, 0.15) is 29.4 Å². The fraction of sp³-hybridized carbons (Fsp3) is 0.286. The Balaban J connectivity index is 1.73. The molecule has 3 aromatic rings. The lowest BCUT2D eigenvalue weighted by Gasteiger charge is -2.28. The Labute approximate surface area is 163 Å². The van der Waals surface area contributed by atoms with Crippen molar-refractivity contribution in [3.63, 3.8) is 0 Å². The van der Waals surface area contributed by atoms with E-state index in [1.807, 2.05) is 50.2 Å². The minimum Gasteiger partial charge on any atom is -0.489 e. The van der Waals surface area contributed by atoms with E-state index in [0.29, 0.717) is 37.1 Å². The number of anilines is 1. The fourth-order valence-corrected chi connectivity index (χ4v) is 3.08. The van der Waals surface area contributed by atoms with Gasteiger partial charge in [-0.3, -0.25) is 9.69 Å². The molecule has 4 rings (SSSR count). The van der Waals surface area contributed by atoms with Gasteiger partial charge in [-0.1, -0.05) is 25.1 Å². The van der Waals surface area contributed by atoms with Crippen molar-refractivity contribution in [2.24, 2.45) is 0 Å². The summed E-state index contributed by atoms with van der Waals surface area (Å²) < 4.78 is 13.1. The van der Waals surface area contributed by atoms with Gasteiger partial charge in [0.1, 0.15) is 12.3 Å². The molecule has 0 unspecified atom stereocenters. The topological polar surface area (TPSA) is 69.5 Å². The molecule has 0 spiro atoms. The molecule has 144 valence electrons. The number of nitrogens with zero attached hydrogens (tertiary/aromatic N) is 4. The number of amides is 1. The molecule has 0 bridgehead atoms. The molecule has 0 fully saturated rings. The second-order valence-electron chi connectivity index (χ2n) is 6.61. The molecule has 3 heterocycles. The zero-order valence-corrected chi connectivity index (χ0v) is 16.0. The van der Waals surface area contributed by atoms with E-state index in [4.69, 9.17) is 9.47 Å². The van der Waals surface area contributed by atoms with Gasteiger partial charge in [0.2, 0.25) is 5.88 Å². The zero-order chi connectivity index (χ0) is 19.5. The quantitative estimate of drug-likeness (QED) is 0.681. The van der Waals surface area contributed by atoms with Crippen LogP contribution in [0.3, 0.4) is 0 Å². The van der Waals surface area contributed by atoms with E-state index in [0.717, 1.165) is 17.7 Å². The van der Waals surface area contributed by atoms with Crippen LogP contribution in [0.5, 0.6) is 11.6 Å². The SMILES string of the molecule is CCCOc1cn(-c2ccccc2)nc1C(=O)N1CCOc2ncc(C)cc21. The maximum Gasteiger partial charge on any atom is 0.282 e. The molecule has 1 aliphatic rings. The number of aromatic nitrogens is 3. The average molecular weight is 378 g/mol. The summed E-state index contributed by atoms with van der Waals surface area (Å²) in [6.45, 7) is 5.29. The molecule has 0 saturated heterocycles. The summed E-state index contributed by atoms with van der Waals surface area (Å²) in [7, 11) is 0. The molecule has 0 radical (unpaired) electrons. The number of fused-ring (bicyclic) bond motifs is 1. The Kier molecular flexibility index (Phi) is 4.97. The summed E-state index contributed by atoms with van der Waals surface area (Å²) in [6.07, 6.45) is 4.33. The third-order valence-electron chi connectivity index (χ3n) is 4.42. The molecule has 1 aliphatic heterocycles. The highest BCUT2D eigenvalue weighted by Crippen LogP contribution is 2.32. The highest BCUT2D eigenvalue weighted by Gasteiger charge is 2.30. The second kappa shape index (κ2) is 7.72.